The van der Waals surface area contributed by atoms with Crippen molar-refractivity contribution in [2.24, 2.45) is 0 Å². The van der Waals surface area contributed by atoms with Gasteiger partial charge in [-0.05, 0) is 35.9 Å². The number of hydrogen-bond acceptors (Lipinski definition) is 4. The van der Waals surface area contributed by atoms with Gasteiger partial charge in [0.25, 0.3) is 0 Å². The summed E-state index contributed by atoms with van der Waals surface area (Å²) in [6.45, 7) is 0. The molecule has 0 radical (unpaired) electrons. The smallest absolute Gasteiger partial charge is 0.228 e. The van der Waals surface area contributed by atoms with Crippen LogP contribution >= 0.6 is 11.3 Å². The number of nitrogens with zero attached hydrogens (tertiary/aromatic N) is 1. The lowest BCUT2D eigenvalue weighted by Gasteiger charge is -2.06. The van der Waals surface area contributed by atoms with Crippen molar-refractivity contribution in [2.45, 2.75) is 6.42 Å². The molecule has 0 aliphatic carbocycles. The fraction of sp³-hybridized carbons (Fsp3) is 0.125. The Morgan fingerprint density at radius 2 is 2.19 bits per heavy atom. The minimum atomic E-state index is -0.0490. The second-order valence-corrected chi connectivity index (χ2v) is 5.50. The van der Waals surface area contributed by atoms with Crippen molar-refractivity contribution in [1.29, 1.82) is 0 Å². The monoisotopic (exact) mass is 298 g/mol. The Morgan fingerprint density at radius 1 is 1.29 bits per heavy atom. The molecular weight excluding hydrogens is 284 g/mol. The summed E-state index contributed by atoms with van der Waals surface area (Å²) in [5.74, 6) is 0.707. The summed E-state index contributed by atoms with van der Waals surface area (Å²) in [6, 6.07) is 13.2. The summed E-state index contributed by atoms with van der Waals surface area (Å²) in [4.78, 5) is 16.3. The van der Waals surface area contributed by atoms with E-state index in [1.807, 2.05) is 42.5 Å². The molecule has 4 nitrogen and oxygen atoms in total. The molecule has 5 heteroatoms. The van der Waals surface area contributed by atoms with Crippen molar-refractivity contribution in [3.05, 3.63) is 53.5 Å². The van der Waals surface area contributed by atoms with E-state index < -0.39 is 0 Å². The Morgan fingerprint density at radius 3 is 3.05 bits per heavy atom. The normalized spacial score (nSPS) is 10.5. The Balaban J connectivity index is 1.70. The number of rotatable bonds is 4. The first-order valence-corrected chi connectivity index (χ1v) is 7.38. The number of aromatic nitrogens is 1. The molecule has 1 N–H and O–H groups in total. The lowest BCUT2D eigenvalue weighted by Crippen LogP contribution is -2.14. The summed E-state index contributed by atoms with van der Waals surface area (Å²) in [6.07, 6.45) is 0.317. The number of methoxy groups -OCH3 is 1. The zero-order valence-corrected chi connectivity index (χ0v) is 12.3. The third-order valence-electron chi connectivity index (χ3n) is 3.11. The number of fused-ring (bicyclic) bond motifs is 1. The molecule has 0 spiro atoms. The first kappa shape index (κ1) is 13.6. The molecule has 0 aliphatic rings. The number of anilines is 1. The largest absolute Gasteiger partial charge is 0.497 e. The maximum Gasteiger partial charge on any atom is 0.228 e. The molecule has 0 fully saturated rings. The van der Waals surface area contributed by atoms with E-state index in [1.165, 1.54) is 0 Å². The van der Waals surface area contributed by atoms with Gasteiger partial charge in [-0.15, -0.1) is 11.3 Å². The van der Waals surface area contributed by atoms with Crippen LogP contribution in [0.1, 0.15) is 5.56 Å². The molecule has 0 saturated carbocycles. The van der Waals surface area contributed by atoms with Gasteiger partial charge in [0.05, 0.1) is 29.3 Å². The van der Waals surface area contributed by atoms with Crippen molar-refractivity contribution in [3.63, 3.8) is 0 Å². The van der Waals surface area contributed by atoms with Crippen LogP contribution in [0.4, 0.5) is 5.69 Å². The summed E-state index contributed by atoms with van der Waals surface area (Å²) in [7, 11) is 1.61. The Bertz CT molecular complexity index is 783. The Kier molecular flexibility index (Phi) is 3.83. The average molecular weight is 298 g/mol. The van der Waals surface area contributed by atoms with E-state index in [0.29, 0.717) is 6.42 Å². The molecule has 0 unspecified atom stereocenters. The van der Waals surface area contributed by atoms with E-state index in [0.717, 1.165) is 27.2 Å². The highest BCUT2D eigenvalue weighted by Gasteiger charge is 2.06. The SMILES string of the molecule is COc1cccc(CC(=O)Nc2ccc3ncsc3c2)c1. The summed E-state index contributed by atoms with van der Waals surface area (Å²) in [5, 5.41) is 2.91. The van der Waals surface area contributed by atoms with Gasteiger partial charge in [-0.3, -0.25) is 4.79 Å². The standard InChI is InChI=1S/C16H14N2O2S/c1-20-13-4-2-3-11(7-13)8-16(19)18-12-5-6-14-15(9-12)21-10-17-14/h2-7,9-10H,8H2,1H3,(H,18,19). The van der Waals surface area contributed by atoms with Crippen molar-refractivity contribution in [1.82, 2.24) is 4.98 Å². The van der Waals surface area contributed by atoms with E-state index in [2.05, 4.69) is 10.3 Å². The zero-order valence-electron chi connectivity index (χ0n) is 11.5. The van der Waals surface area contributed by atoms with Crippen LogP contribution in [0.5, 0.6) is 5.75 Å². The van der Waals surface area contributed by atoms with Crippen molar-refractivity contribution < 1.29 is 9.53 Å². The molecule has 0 aliphatic heterocycles. The predicted molar refractivity (Wildman–Crippen MR) is 84.9 cm³/mol. The quantitative estimate of drug-likeness (QED) is 0.802. The second kappa shape index (κ2) is 5.93. The predicted octanol–water partition coefficient (Wildman–Crippen LogP) is 3.49. The third kappa shape index (κ3) is 3.20. The Hall–Kier alpha value is -2.40. The van der Waals surface area contributed by atoms with Gasteiger partial charge in [0, 0.05) is 5.69 Å². The molecular formula is C16H14N2O2S. The zero-order chi connectivity index (χ0) is 14.7. The van der Waals surface area contributed by atoms with Crippen molar-refractivity contribution in [3.8, 4) is 5.75 Å². The first-order valence-electron chi connectivity index (χ1n) is 6.50. The van der Waals surface area contributed by atoms with Gasteiger partial charge in [-0.1, -0.05) is 12.1 Å². The number of ether oxygens (including phenoxy) is 1. The Labute approximate surface area is 126 Å². The molecule has 3 rings (SSSR count). The number of carbonyl (C=O) groups excluding carboxylic acids is 1. The number of thiazole rings is 1. The minimum absolute atomic E-state index is 0.0490. The topological polar surface area (TPSA) is 51.2 Å². The molecule has 1 aromatic heterocycles. The van der Waals surface area contributed by atoms with Gasteiger partial charge in [-0.25, -0.2) is 4.98 Å². The van der Waals surface area contributed by atoms with E-state index in [1.54, 1.807) is 24.0 Å². The molecule has 21 heavy (non-hydrogen) atoms. The lowest BCUT2D eigenvalue weighted by atomic mass is 10.1. The number of hydrogen-bond donors (Lipinski definition) is 1. The molecule has 0 saturated heterocycles. The van der Waals surface area contributed by atoms with E-state index in [4.69, 9.17) is 4.74 Å². The molecule has 3 aromatic rings. The highest BCUT2D eigenvalue weighted by Crippen LogP contribution is 2.22. The van der Waals surface area contributed by atoms with Crippen LogP contribution in [0, 0.1) is 0 Å². The summed E-state index contributed by atoms with van der Waals surface area (Å²) >= 11 is 1.56. The minimum Gasteiger partial charge on any atom is -0.497 e. The van der Waals surface area contributed by atoms with Crippen LogP contribution in [0.15, 0.2) is 48.0 Å². The van der Waals surface area contributed by atoms with Crippen LogP contribution in [0.25, 0.3) is 10.2 Å². The molecule has 1 amide bonds. The van der Waals surface area contributed by atoms with E-state index >= 15 is 0 Å². The van der Waals surface area contributed by atoms with E-state index in [9.17, 15) is 4.79 Å². The van der Waals surface area contributed by atoms with Crippen LogP contribution in [-0.4, -0.2) is 18.0 Å². The highest BCUT2D eigenvalue weighted by atomic mass is 32.1. The third-order valence-corrected chi connectivity index (χ3v) is 3.91. The maximum atomic E-state index is 12.1. The van der Waals surface area contributed by atoms with Crippen LogP contribution in [0.3, 0.4) is 0 Å². The first-order chi connectivity index (χ1) is 10.2. The average Bonchev–Trinajstić information content (AvgIpc) is 2.95. The number of benzene rings is 2. The van der Waals surface area contributed by atoms with Crippen LogP contribution in [0.2, 0.25) is 0 Å². The van der Waals surface area contributed by atoms with Crippen LogP contribution in [-0.2, 0) is 11.2 Å². The number of carbonyl (C=O) groups is 1. The second-order valence-electron chi connectivity index (χ2n) is 4.61. The van der Waals surface area contributed by atoms with E-state index in [-0.39, 0.29) is 5.91 Å². The molecule has 106 valence electrons. The van der Waals surface area contributed by atoms with Crippen molar-refractivity contribution in [2.75, 3.05) is 12.4 Å². The molecule has 0 atom stereocenters. The fourth-order valence-electron chi connectivity index (χ4n) is 2.11. The number of nitrogens with one attached hydrogen (secondary N) is 1. The number of amides is 1. The van der Waals surface area contributed by atoms with Gasteiger partial charge in [0.1, 0.15) is 5.75 Å². The van der Waals surface area contributed by atoms with Gasteiger partial charge in [-0.2, -0.15) is 0 Å². The molecule has 0 bridgehead atoms. The van der Waals surface area contributed by atoms with Gasteiger partial charge < -0.3 is 10.1 Å². The van der Waals surface area contributed by atoms with Gasteiger partial charge in [0.2, 0.25) is 5.91 Å². The molecule has 1 heterocycles. The molecule has 2 aromatic carbocycles. The van der Waals surface area contributed by atoms with Crippen LogP contribution < -0.4 is 10.1 Å². The van der Waals surface area contributed by atoms with Gasteiger partial charge >= 0.3 is 0 Å². The van der Waals surface area contributed by atoms with Gasteiger partial charge in [0.15, 0.2) is 0 Å². The lowest BCUT2D eigenvalue weighted by molar-refractivity contribution is -0.115. The fourth-order valence-corrected chi connectivity index (χ4v) is 2.82. The summed E-state index contributed by atoms with van der Waals surface area (Å²) in [5.41, 5.74) is 4.46. The summed E-state index contributed by atoms with van der Waals surface area (Å²) < 4.78 is 6.22. The maximum absolute atomic E-state index is 12.1. The highest BCUT2D eigenvalue weighted by molar-refractivity contribution is 7.16. The van der Waals surface area contributed by atoms with Crippen molar-refractivity contribution >= 4 is 33.1 Å².